The average Bonchev–Trinajstić information content (AvgIpc) is 2.49. The average molecular weight is 286 g/mol. The van der Waals surface area contributed by atoms with Gasteiger partial charge in [-0.25, -0.2) is 0 Å². The number of anilines is 2. The zero-order valence-electron chi connectivity index (χ0n) is 10.8. The van der Waals surface area contributed by atoms with E-state index in [4.69, 9.17) is 16.9 Å². The number of carbonyl (C=O) groups is 1. The van der Waals surface area contributed by atoms with Gasteiger partial charge in [0.2, 0.25) is 0 Å². The van der Waals surface area contributed by atoms with E-state index in [0.717, 1.165) is 5.69 Å². The topological polar surface area (TPSA) is 64.9 Å². The summed E-state index contributed by atoms with van der Waals surface area (Å²) < 4.78 is 0. The van der Waals surface area contributed by atoms with Gasteiger partial charge in [0.1, 0.15) is 0 Å². The maximum absolute atomic E-state index is 12.1. The van der Waals surface area contributed by atoms with Gasteiger partial charge in [-0.15, -0.1) is 0 Å². The summed E-state index contributed by atoms with van der Waals surface area (Å²) in [6, 6.07) is 13.8. The van der Waals surface area contributed by atoms with Crippen LogP contribution in [0.1, 0.15) is 15.9 Å². The number of amides is 1. The van der Waals surface area contributed by atoms with Gasteiger partial charge in [0, 0.05) is 18.3 Å². The Hall–Kier alpha value is -2.51. The van der Waals surface area contributed by atoms with E-state index in [1.165, 1.54) is 6.07 Å². The fourth-order valence-electron chi connectivity index (χ4n) is 1.67. The van der Waals surface area contributed by atoms with Gasteiger partial charge in [0.15, 0.2) is 0 Å². The summed E-state index contributed by atoms with van der Waals surface area (Å²) in [4.78, 5) is 12.1. The van der Waals surface area contributed by atoms with E-state index in [1.54, 1.807) is 24.3 Å². The lowest BCUT2D eigenvalue weighted by Gasteiger charge is -2.08. The largest absolute Gasteiger partial charge is 0.388 e. The molecule has 0 spiro atoms. The molecule has 5 heteroatoms. The summed E-state index contributed by atoms with van der Waals surface area (Å²) in [7, 11) is 1.81. The first-order valence-corrected chi connectivity index (χ1v) is 6.30. The van der Waals surface area contributed by atoms with Gasteiger partial charge in [-0.2, -0.15) is 5.26 Å². The van der Waals surface area contributed by atoms with Crippen LogP contribution >= 0.6 is 11.6 Å². The third kappa shape index (κ3) is 3.08. The Balaban J connectivity index is 2.17. The van der Waals surface area contributed by atoms with Crippen LogP contribution in [0.25, 0.3) is 0 Å². The summed E-state index contributed by atoms with van der Waals surface area (Å²) >= 11 is 6.01. The third-order valence-corrected chi connectivity index (χ3v) is 3.09. The van der Waals surface area contributed by atoms with Crippen molar-refractivity contribution in [2.45, 2.75) is 0 Å². The summed E-state index contributed by atoms with van der Waals surface area (Å²) in [6.45, 7) is 0. The van der Waals surface area contributed by atoms with Crippen molar-refractivity contribution in [2.24, 2.45) is 0 Å². The lowest BCUT2D eigenvalue weighted by molar-refractivity contribution is 0.102. The maximum atomic E-state index is 12.1. The monoisotopic (exact) mass is 285 g/mol. The predicted molar refractivity (Wildman–Crippen MR) is 80.1 cm³/mol. The van der Waals surface area contributed by atoms with Crippen molar-refractivity contribution < 1.29 is 4.79 Å². The zero-order valence-corrected chi connectivity index (χ0v) is 11.5. The lowest BCUT2D eigenvalue weighted by Crippen LogP contribution is -2.12. The molecule has 100 valence electrons. The van der Waals surface area contributed by atoms with Crippen molar-refractivity contribution in [3.8, 4) is 6.07 Å². The summed E-state index contributed by atoms with van der Waals surface area (Å²) in [5.41, 5.74) is 2.39. The van der Waals surface area contributed by atoms with Crippen LogP contribution in [-0.2, 0) is 0 Å². The molecular formula is C15H12ClN3O. The van der Waals surface area contributed by atoms with Crippen molar-refractivity contribution in [3.05, 3.63) is 58.6 Å². The molecule has 0 radical (unpaired) electrons. The highest BCUT2D eigenvalue weighted by Gasteiger charge is 2.09. The minimum atomic E-state index is -0.251. The van der Waals surface area contributed by atoms with E-state index in [1.807, 2.05) is 25.2 Å². The molecule has 0 saturated heterocycles. The molecule has 0 fully saturated rings. The number of hydrogen-bond acceptors (Lipinski definition) is 3. The van der Waals surface area contributed by atoms with Crippen LogP contribution in [-0.4, -0.2) is 13.0 Å². The van der Waals surface area contributed by atoms with E-state index in [9.17, 15) is 4.79 Å². The number of rotatable bonds is 3. The number of hydrogen-bond donors (Lipinski definition) is 2. The second-order valence-corrected chi connectivity index (χ2v) is 4.50. The minimum Gasteiger partial charge on any atom is -0.388 e. The molecule has 0 bridgehead atoms. The molecule has 4 nitrogen and oxygen atoms in total. The third-order valence-electron chi connectivity index (χ3n) is 2.78. The van der Waals surface area contributed by atoms with Crippen molar-refractivity contribution >= 4 is 28.9 Å². The molecule has 2 aromatic carbocycles. The minimum absolute atomic E-state index is 0.251. The molecule has 20 heavy (non-hydrogen) atoms. The van der Waals surface area contributed by atoms with Crippen LogP contribution < -0.4 is 10.6 Å². The standard InChI is InChI=1S/C15H12ClN3O/c1-18-12-5-3-11(4-6-12)15(20)19-14-7-2-10(9-17)8-13(14)16/h2-8,18H,1H3,(H,19,20). The summed E-state index contributed by atoms with van der Waals surface area (Å²) in [5, 5.41) is 14.8. The molecule has 2 rings (SSSR count). The number of nitrogens with one attached hydrogen (secondary N) is 2. The second kappa shape index (κ2) is 6.09. The van der Waals surface area contributed by atoms with Crippen LogP contribution in [0.4, 0.5) is 11.4 Å². The second-order valence-electron chi connectivity index (χ2n) is 4.09. The highest BCUT2D eigenvalue weighted by Crippen LogP contribution is 2.23. The molecule has 0 unspecified atom stereocenters. The van der Waals surface area contributed by atoms with Gasteiger partial charge < -0.3 is 10.6 Å². The van der Waals surface area contributed by atoms with E-state index in [0.29, 0.717) is 21.8 Å². The molecule has 2 aromatic rings. The number of benzene rings is 2. The maximum Gasteiger partial charge on any atom is 0.255 e. The Labute approximate surface area is 122 Å². The molecule has 0 aliphatic carbocycles. The van der Waals surface area contributed by atoms with Crippen LogP contribution in [0, 0.1) is 11.3 Å². The Morgan fingerprint density at radius 1 is 1.20 bits per heavy atom. The quantitative estimate of drug-likeness (QED) is 0.907. The molecule has 0 aliphatic rings. The van der Waals surface area contributed by atoms with E-state index in [-0.39, 0.29) is 5.91 Å². The molecule has 1 amide bonds. The van der Waals surface area contributed by atoms with Gasteiger partial charge in [0.05, 0.1) is 22.3 Å². The summed E-state index contributed by atoms with van der Waals surface area (Å²) in [6.07, 6.45) is 0. The molecule has 0 saturated carbocycles. The zero-order chi connectivity index (χ0) is 14.5. The number of halogens is 1. The summed E-state index contributed by atoms with van der Waals surface area (Å²) in [5.74, 6) is -0.251. The van der Waals surface area contributed by atoms with Crippen molar-refractivity contribution in [1.82, 2.24) is 0 Å². The molecule has 0 aliphatic heterocycles. The lowest BCUT2D eigenvalue weighted by atomic mass is 10.1. The first-order chi connectivity index (χ1) is 9.63. The van der Waals surface area contributed by atoms with Gasteiger partial charge in [-0.05, 0) is 42.5 Å². The van der Waals surface area contributed by atoms with Gasteiger partial charge in [-0.1, -0.05) is 11.6 Å². The number of carbonyl (C=O) groups excluding carboxylic acids is 1. The fourth-order valence-corrected chi connectivity index (χ4v) is 1.90. The fraction of sp³-hybridized carbons (Fsp3) is 0.0667. The van der Waals surface area contributed by atoms with E-state index >= 15 is 0 Å². The predicted octanol–water partition coefficient (Wildman–Crippen LogP) is 3.51. The van der Waals surface area contributed by atoms with Crippen LogP contribution in [0.15, 0.2) is 42.5 Å². The first-order valence-electron chi connectivity index (χ1n) is 5.93. The van der Waals surface area contributed by atoms with Gasteiger partial charge in [0.25, 0.3) is 5.91 Å². The highest BCUT2D eigenvalue weighted by molar-refractivity contribution is 6.34. The van der Waals surface area contributed by atoms with Crippen molar-refractivity contribution in [3.63, 3.8) is 0 Å². The molecule has 2 N–H and O–H groups in total. The molecule has 0 atom stereocenters. The van der Waals surface area contributed by atoms with Crippen LogP contribution in [0.3, 0.4) is 0 Å². The van der Waals surface area contributed by atoms with Gasteiger partial charge in [-0.3, -0.25) is 4.79 Å². The van der Waals surface area contributed by atoms with Crippen molar-refractivity contribution in [1.29, 1.82) is 5.26 Å². The van der Waals surface area contributed by atoms with E-state index < -0.39 is 0 Å². The number of nitrogens with zero attached hydrogens (tertiary/aromatic N) is 1. The smallest absolute Gasteiger partial charge is 0.255 e. The van der Waals surface area contributed by atoms with Crippen molar-refractivity contribution in [2.75, 3.05) is 17.7 Å². The highest BCUT2D eigenvalue weighted by atomic mass is 35.5. The Bertz CT molecular complexity index is 675. The Kier molecular flexibility index (Phi) is 4.24. The van der Waals surface area contributed by atoms with E-state index in [2.05, 4.69) is 10.6 Å². The molecule has 0 aromatic heterocycles. The van der Waals surface area contributed by atoms with Crippen LogP contribution in [0.5, 0.6) is 0 Å². The number of nitriles is 1. The normalized spacial score (nSPS) is 9.65. The molecular weight excluding hydrogens is 274 g/mol. The van der Waals surface area contributed by atoms with Crippen LogP contribution in [0.2, 0.25) is 5.02 Å². The Morgan fingerprint density at radius 2 is 1.90 bits per heavy atom. The first kappa shape index (κ1) is 13.9. The SMILES string of the molecule is CNc1ccc(C(=O)Nc2ccc(C#N)cc2Cl)cc1. The van der Waals surface area contributed by atoms with Gasteiger partial charge >= 0.3 is 0 Å². The Morgan fingerprint density at radius 3 is 2.45 bits per heavy atom. The molecule has 0 heterocycles.